The van der Waals surface area contributed by atoms with Gasteiger partial charge in [0.05, 0.1) is 37.9 Å². The third kappa shape index (κ3) is 10.6. The van der Waals surface area contributed by atoms with Crippen LogP contribution in [0.15, 0.2) is 152 Å². The highest BCUT2D eigenvalue weighted by molar-refractivity contribution is 7.82. The van der Waals surface area contributed by atoms with Crippen molar-refractivity contribution in [2.24, 2.45) is 0 Å². The van der Waals surface area contributed by atoms with Crippen molar-refractivity contribution in [3.05, 3.63) is 179 Å². The first-order chi connectivity index (χ1) is 23.6. The molecule has 0 unspecified atom stereocenters. The quantitative estimate of drug-likeness (QED) is 0.0736. The molecule has 0 heterocycles. The van der Waals surface area contributed by atoms with Gasteiger partial charge in [-0.05, 0) is 27.8 Å². The Morgan fingerprint density at radius 2 is 0.896 bits per heavy atom. The van der Waals surface area contributed by atoms with E-state index in [4.69, 9.17) is 31.2 Å². The van der Waals surface area contributed by atoms with Gasteiger partial charge in [0, 0.05) is 0 Å². The fourth-order valence-corrected chi connectivity index (χ4v) is 5.47. The molecule has 0 fully saturated rings. The van der Waals surface area contributed by atoms with Gasteiger partial charge in [-0.1, -0.05) is 164 Å². The maximum atomic E-state index is 14.4. The summed E-state index contributed by atoms with van der Waals surface area (Å²) in [6.07, 6.45) is -4.50. The lowest BCUT2D eigenvalue weighted by atomic mass is 9.95. The van der Waals surface area contributed by atoms with Crippen LogP contribution < -0.4 is 0 Å². The van der Waals surface area contributed by atoms with Crippen molar-refractivity contribution in [3.8, 4) is 0 Å². The Morgan fingerprint density at radius 3 is 1.35 bits per heavy atom. The fraction of sp³-hybridized carbons (Fsp3) is 0.220. The maximum Gasteiger partial charge on any atom is 0.205 e. The monoisotopic (exact) mass is 660 g/mol. The van der Waals surface area contributed by atoms with Crippen LogP contribution in [0.1, 0.15) is 27.8 Å². The molecule has 0 amide bonds. The van der Waals surface area contributed by atoms with E-state index < -0.39 is 30.2 Å². The van der Waals surface area contributed by atoms with Crippen molar-refractivity contribution >= 4 is 22.9 Å². The van der Waals surface area contributed by atoms with Crippen LogP contribution in [0, 0.1) is 0 Å². The second-order valence-corrected chi connectivity index (χ2v) is 11.8. The van der Waals surface area contributed by atoms with Crippen LogP contribution in [-0.4, -0.2) is 46.8 Å². The van der Waals surface area contributed by atoms with E-state index in [1.54, 1.807) is 12.1 Å². The first-order valence-electron chi connectivity index (χ1n) is 16.0. The highest BCUT2D eigenvalue weighted by atomic mass is 32.1. The summed E-state index contributed by atoms with van der Waals surface area (Å²) in [4.78, 5) is 14.5. The summed E-state index contributed by atoms with van der Waals surface area (Å²) in [6.45, 7) is 0.651. The Balaban J connectivity index is 1.49. The van der Waals surface area contributed by atoms with Crippen LogP contribution in [-0.2, 0) is 50.2 Å². The molecule has 5 aromatic rings. The number of carbonyl (C=O) groups excluding carboxylic acids is 1. The van der Waals surface area contributed by atoms with Gasteiger partial charge >= 0.3 is 0 Å². The van der Waals surface area contributed by atoms with E-state index in [2.05, 4.69) is 0 Å². The van der Waals surface area contributed by atoms with E-state index in [-0.39, 0.29) is 31.3 Å². The molecule has 7 heteroatoms. The Morgan fingerprint density at radius 1 is 0.521 bits per heavy atom. The maximum absolute atomic E-state index is 14.4. The number of hydrogen-bond acceptors (Lipinski definition) is 7. The molecule has 0 radical (unpaired) electrons. The van der Waals surface area contributed by atoms with E-state index in [1.165, 1.54) is 0 Å². The van der Waals surface area contributed by atoms with Crippen molar-refractivity contribution < 1.29 is 28.8 Å². The molecule has 6 nitrogen and oxygen atoms in total. The van der Waals surface area contributed by atoms with Gasteiger partial charge in [0.25, 0.3) is 0 Å². The number of hydrogen-bond donors (Lipinski definition) is 1. The lowest BCUT2D eigenvalue weighted by Gasteiger charge is -2.35. The SMILES string of the molecule is O=C(C(=S)c1ccccc1)[C@H](OCc1ccccc1)[C@@H](OCc1ccccc1)[C@@H](OCc1ccccc1)[C@H](O)COCc1ccccc1. The summed E-state index contributed by atoms with van der Waals surface area (Å²) in [6, 6.07) is 47.7. The number of aliphatic hydroxyl groups is 1. The van der Waals surface area contributed by atoms with E-state index >= 15 is 0 Å². The third-order valence-corrected chi connectivity index (χ3v) is 8.20. The van der Waals surface area contributed by atoms with Crippen LogP contribution >= 0.6 is 12.2 Å². The minimum atomic E-state index is -1.22. The molecular formula is C41H40O6S. The molecule has 0 spiro atoms. The second kappa shape index (κ2) is 18.9. The standard InChI is InChI=1S/C41H40O6S/c42-36(30-44-26-31-16-6-1-7-17-31)38(45-27-32-18-8-2-9-19-32)40(47-29-34-22-12-4-13-23-34)39(46-28-33-20-10-3-11-21-33)37(43)41(48)35-24-14-5-15-25-35/h1-25,36,38-40,42H,26-30H2/t36-,38+,39+,40+/m1/s1. The summed E-state index contributed by atoms with van der Waals surface area (Å²) in [5, 5.41) is 11.8. The largest absolute Gasteiger partial charge is 0.388 e. The van der Waals surface area contributed by atoms with E-state index in [0.29, 0.717) is 12.2 Å². The number of thiocarbonyl (C=S) groups is 1. The first-order valence-corrected chi connectivity index (χ1v) is 16.4. The zero-order chi connectivity index (χ0) is 33.4. The summed E-state index contributed by atoms with van der Waals surface area (Å²) in [5.74, 6) is -0.434. The van der Waals surface area contributed by atoms with Crippen molar-refractivity contribution in [2.75, 3.05) is 6.61 Å². The lowest BCUT2D eigenvalue weighted by molar-refractivity contribution is -0.187. The molecule has 4 atom stereocenters. The van der Waals surface area contributed by atoms with E-state index in [0.717, 1.165) is 22.3 Å². The number of Topliss-reactive ketones (excluding diaryl/α,β-unsaturated/α-hetero) is 1. The van der Waals surface area contributed by atoms with Gasteiger partial charge in [-0.25, -0.2) is 0 Å². The fourth-order valence-electron chi connectivity index (χ4n) is 5.22. The molecule has 0 saturated carbocycles. The number of rotatable bonds is 19. The Kier molecular flexibility index (Phi) is 13.7. The van der Waals surface area contributed by atoms with Gasteiger partial charge in [0.2, 0.25) is 5.78 Å². The minimum absolute atomic E-state index is 0.0672. The zero-order valence-electron chi connectivity index (χ0n) is 26.7. The lowest BCUT2D eigenvalue weighted by Crippen LogP contribution is -2.53. The molecule has 5 rings (SSSR count). The van der Waals surface area contributed by atoms with E-state index in [9.17, 15) is 9.90 Å². The number of ether oxygens (including phenoxy) is 4. The van der Waals surface area contributed by atoms with Gasteiger partial charge in [-0.15, -0.1) is 0 Å². The molecule has 0 aliphatic rings. The molecule has 0 saturated heterocycles. The average molecular weight is 661 g/mol. The molecule has 48 heavy (non-hydrogen) atoms. The molecular weight excluding hydrogens is 621 g/mol. The predicted molar refractivity (Wildman–Crippen MR) is 190 cm³/mol. The Hall–Kier alpha value is -4.34. The van der Waals surface area contributed by atoms with Gasteiger partial charge in [0.15, 0.2) is 6.10 Å². The molecule has 5 aromatic carbocycles. The van der Waals surface area contributed by atoms with Crippen molar-refractivity contribution in [1.29, 1.82) is 0 Å². The van der Waals surface area contributed by atoms with Gasteiger partial charge in [-0.3, -0.25) is 4.79 Å². The topological polar surface area (TPSA) is 74.2 Å². The van der Waals surface area contributed by atoms with Crippen LogP contribution in [0.25, 0.3) is 0 Å². The summed E-state index contributed by atoms with van der Waals surface area (Å²) >= 11 is 5.75. The highest BCUT2D eigenvalue weighted by Crippen LogP contribution is 2.24. The van der Waals surface area contributed by atoms with Crippen molar-refractivity contribution in [2.45, 2.75) is 50.8 Å². The smallest absolute Gasteiger partial charge is 0.205 e. The van der Waals surface area contributed by atoms with Gasteiger partial charge in [-0.2, -0.15) is 0 Å². The molecule has 0 aliphatic carbocycles. The molecule has 1 N–H and O–H groups in total. The minimum Gasteiger partial charge on any atom is -0.388 e. The number of carbonyl (C=O) groups is 1. The molecule has 0 bridgehead atoms. The predicted octanol–water partition coefficient (Wildman–Crippen LogP) is 7.31. The highest BCUT2D eigenvalue weighted by Gasteiger charge is 2.42. The van der Waals surface area contributed by atoms with Crippen LogP contribution in [0.4, 0.5) is 0 Å². The summed E-state index contributed by atoms with van der Waals surface area (Å²) < 4.78 is 25.5. The average Bonchev–Trinajstić information content (AvgIpc) is 3.15. The Bertz CT molecular complexity index is 1650. The molecule has 246 valence electrons. The number of aliphatic hydroxyl groups excluding tert-OH is 1. The van der Waals surface area contributed by atoms with Crippen molar-refractivity contribution in [1.82, 2.24) is 0 Å². The third-order valence-electron chi connectivity index (χ3n) is 7.76. The number of benzene rings is 5. The van der Waals surface area contributed by atoms with Crippen molar-refractivity contribution in [3.63, 3.8) is 0 Å². The van der Waals surface area contributed by atoms with Crippen LogP contribution in [0.3, 0.4) is 0 Å². The number of ketones is 1. The zero-order valence-corrected chi connectivity index (χ0v) is 27.5. The van der Waals surface area contributed by atoms with Crippen LogP contribution in [0.2, 0.25) is 0 Å². The summed E-state index contributed by atoms with van der Waals surface area (Å²) in [7, 11) is 0. The Labute approximate surface area is 287 Å². The molecule has 0 aromatic heterocycles. The summed E-state index contributed by atoms with van der Waals surface area (Å²) in [5.41, 5.74) is 4.22. The first kappa shape index (κ1) is 35.0. The second-order valence-electron chi connectivity index (χ2n) is 11.4. The van der Waals surface area contributed by atoms with E-state index in [1.807, 2.05) is 140 Å². The van der Waals surface area contributed by atoms with Gasteiger partial charge < -0.3 is 24.1 Å². The normalized spacial score (nSPS) is 13.7. The van der Waals surface area contributed by atoms with Crippen LogP contribution in [0.5, 0.6) is 0 Å². The van der Waals surface area contributed by atoms with Gasteiger partial charge in [0.1, 0.15) is 18.3 Å². The molecule has 0 aliphatic heterocycles.